The summed E-state index contributed by atoms with van der Waals surface area (Å²) in [5, 5.41) is 3.99. The molecule has 1 aromatic carbocycles. The Morgan fingerprint density at radius 1 is 1.17 bits per heavy atom. The third-order valence-electron chi connectivity index (χ3n) is 3.66. The number of ether oxygens (including phenoxy) is 3. The van der Waals surface area contributed by atoms with Gasteiger partial charge in [0.15, 0.2) is 11.5 Å². The quantitative estimate of drug-likeness (QED) is 0.604. The maximum atomic E-state index is 11.8. The SMILES string of the molecule is COc1cc(/C=N/NC(=O)CN2CCCC2)cc(OC)c1OC. The van der Waals surface area contributed by atoms with Gasteiger partial charge in [-0.25, -0.2) is 5.43 Å². The summed E-state index contributed by atoms with van der Waals surface area (Å²) in [6, 6.07) is 3.52. The Labute approximate surface area is 136 Å². The number of hydrazone groups is 1. The largest absolute Gasteiger partial charge is 0.493 e. The smallest absolute Gasteiger partial charge is 0.254 e. The van der Waals surface area contributed by atoms with Crippen LogP contribution in [0.15, 0.2) is 17.2 Å². The summed E-state index contributed by atoms with van der Waals surface area (Å²) >= 11 is 0. The zero-order valence-corrected chi connectivity index (χ0v) is 13.8. The van der Waals surface area contributed by atoms with E-state index >= 15 is 0 Å². The second kappa shape index (κ2) is 8.38. The van der Waals surface area contributed by atoms with Crippen LogP contribution in [0.25, 0.3) is 0 Å². The van der Waals surface area contributed by atoms with Gasteiger partial charge in [-0.05, 0) is 38.1 Å². The second-order valence-corrected chi connectivity index (χ2v) is 5.24. The molecule has 7 heteroatoms. The molecule has 0 unspecified atom stereocenters. The maximum Gasteiger partial charge on any atom is 0.254 e. The molecule has 2 rings (SSSR count). The molecule has 23 heavy (non-hydrogen) atoms. The molecule has 0 saturated carbocycles. The van der Waals surface area contributed by atoms with Gasteiger partial charge in [0, 0.05) is 5.56 Å². The highest BCUT2D eigenvalue weighted by Gasteiger charge is 2.15. The van der Waals surface area contributed by atoms with Crippen LogP contribution >= 0.6 is 0 Å². The number of carbonyl (C=O) groups excluding carboxylic acids is 1. The molecule has 1 fully saturated rings. The molecule has 0 aliphatic carbocycles. The lowest BCUT2D eigenvalue weighted by Crippen LogP contribution is -2.33. The molecule has 1 saturated heterocycles. The summed E-state index contributed by atoms with van der Waals surface area (Å²) in [6.45, 7) is 2.33. The van der Waals surface area contributed by atoms with E-state index in [0.717, 1.165) is 31.5 Å². The lowest BCUT2D eigenvalue weighted by Gasteiger charge is -2.13. The van der Waals surface area contributed by atoms with E-state index in [-0.39, 0.29) is 5.91 Å². The van der Waals surface area contributed by atoms with Crippen LogP contribution in [0.3, 0.4) is 0 Å². The molecule has 0 bridgehead atoms. The van der Waals surface area contributed by atoms with Gasteiger partial charge in [0.25, 0.3) is 5.91 Å². The number of rotatable bonds is 7. The van der Waals surface area contributed by atoms with Crippen molar-refractivity contribution in [3.8, 4) is 17.2 Å². The fraction of sp³-hybridized carbons (Fsp3) is 0.500. The Morgan fingerprint density at radius 3 is 2.30 bits per heavy atom. The van der Waals surface area contributed by atoms with E-state index in [0.29, 0.717) is 23.8 Å². The van der Waals surface area contributed by atoms with Crippen molar-refractivity contribution in [3.05, 3.63) is 17.7 Å². The first kappa shape index (κ1) is 17.1. The summed E-state index contributed by atoms with van der Waals surface area (Å²) in [5.74, 6) is 1.48. The minimum Gasteiger partial charge on any atom is -0.493 e. The molecule has 1 N–H and O–H groups in total. The van der Waals surface area contributed by atoms with Gasteiger partial charge in [0.2, 0.25) is 5.75 Å². The normalized spacial score (nSPS) is 14.9. The van der Waals surface area contributed by atoms with Gasteiger partial charge in [-0.15, -0.1) is 0 Å². The van der Waals surface area contributed by atoms with Gasteiger partial charge in [-0.1, -0.05) is 0 Å². The molecule has 0 radical (unpaired) electrons. The highest BCUT2D eigenvalue weighted by atomic mass is 16.5. The van der Waals surface area contributed by atoms with Crippen molar-refractivity contribution in [1.82, 2.24) is 10.3 Å². The van der Waals surface area contributed by atoms with Gasteiger partial charge < -0.3 is 14.2 Å². The van der Waals surface area contributed by atoms with Gasteiger partial charge in [0.1, 0.15) is 0 Å². The van der Waals surface area contributed by atoms with Crippen molar-refractivity contribution in [2.24, 2.45) is 5.10 Å². The number of carbonyl (C=O) groups is 1. The molecule has 1 aromatic rings. The minimum absolute atomic E-state index is 0.115. The summed E-state index contributed by atoms with van der Waals surface area (Å²) in [4.78, 5) is 13.9. The number of benzene rings is 1. The first-order valence-electron chi connectivity index (χ1n) is 7.52. The molecular weight excluding hydrogens is 298 g/mol. The summed E-state index contributed by atoms with van der Waals surface area (Å²) in [5.41, 5.74) is 3.27. The molecule has 1 aliphatic rings. The zero-order valence-electron chi connectivity index (χ0n) is 13.8. The Balaban J connectivity index is 1.99. The molecule has 1 amide bonds. The summed E-state index contributed by atoms with van der Waals surface area (Å²) in [7, 11) is 4.65. The maximum absolute atomic E-state index is 11.8. The van der Waals surface area contributed by atoms with Crippen molar-refractivity contribution < 1.29 is 19.0 Å². The van der Waals surface area contributed by atoms with Crippen LogP contribution < -0.4 is 19.6 Å². The van der Waals surface area contributed by atoms with E-state index in [1.54, 1.807) is 39.7 Å². The van der Waals surface area contributed by atoms with Gasteiger partial charge in [0.05, 0.1) is 34.1 Å². The lowest BCUT2D eigenvalue weighted by atomic mass is 10.2. The summed E-state index contributed by atoms with van der Waals surface area (Å²) < 4.78 is 15.8. The van der Waals surface area contributed by atoms with Crippen LogP contribution in [0.4, 0.5) is 0 Å². The average molecular weight is 321 g/mol. The van der Waals surface area contributed by atoms with Crippen molar-refractivity contribution in [2.45, 2.75) is 12.8 Å². The third-order valence-corrected chi connectivity index (χ3v) is 3.66. The highest BCUT2D eigenvalue weighted by Crippen LogP contribution is 2.37. The van der Waals surface area contributed by atoms with Crippen molar-refractivity contribution in [3.63, 3.8) is 0 Å². The molecule has 1 aliphatic heterocycles. The second-order valence-electron chi connectivity index (χ2n) is 5.24. The standard InChI is InChI=1S/C16H23N3O4/c1-21-13-8-12(9-14(22-2)16(13)23-3)10-17-18-15(20)11-19-6-4-5-7-19/h8-10H,4-7,11H2,1-3H3,(H,18,20)/b17-10+. The van der Waals surface area contributed by atoms with E-state index < -0.39 is 0 Å². The Bertz CT molecular complexity index is 543. The molecule has 7 nitrogen and oxygen atoms in total. The fourth-order valence-electron chi connectivity index (χ4n) is 2.53. The minimum atomic E-state index is -0.115. The average Bonchev–Trinajstić information content (AvgIpc) is 3.06. The van der Waals surface area contributed by atoms with E-state index in [1.165, 1.54) is 0 Å². The van der Waals surface area contributed by atoms with Crippen LogP contribution in [0.5, 0.6) is 17.2 Å². The predicted molar refractivity (Wildman–Crippen MR) is 87.5 cm³/mol. The van der Waals surface area contributed by atoms with Gasteiger partial charge >= 0.3 is 0 Å². The number of likely N-dealkylation sites (tertiary alicyclic amines) is 1. The Morgan fingerprint density at radius 2 is 1.78 bits per heavy atom. The fourth-order valence-corrected chi connectivity index (χ4v) is 2.53. The lowest BCUT2D eigenvalue weighted by molar-refractivity contribution is -0.121. The Kier molecular flexibility index (Phi) is 6.22. The van der Waals surface area contributed by atoms with Crippen molar-refractivity contribution in [1.29, 1.82) is 0 Å². The van der Waals surface area contributed by atoms with E-state index in [4.69, 9.17) is 14.2 Å². The van der Waals surface area contributed by atoms with E-state index in [9.17, 15) is 4.79 Å². The monoisotopic (exact) mass is 321 g/mol. The van der Waals surface area contributed by atoms with Crippen LogP contribution in [0.1, 0.15) is 18.4 Å². The molecule has 1 heterocycles. The number of amides is 1. The number of hydrogen-bond donors (Lipinski definition) is 1. The van der Waals surface area contributed by atoms with Crippen LogP contribution in [0, 0.1) is 0 Å². The number of methoxy groups -OCH3 is 3. The molecular formula is C16H23N3O4. The topological polar surface area (TPSA) is 72.4 Å². The first-order chi connectivity index (χ1) is 11.2. The van der Waals surface area contributed by atoms with Crippen molar-refractivity contribution >= 4 is 12.1 Å². The number of hydrogen-bond acceptors (Lipinski definition) is 6. The van der Waals surface area contributed by atoms with Gasteiger partial charge in [-0.2, -0.15) is 5.10 Å². The van der Waals surface area contributed by atoms with Crippen LogP contribution in [-0.2, 0) is 4.79 Å². The first-order valence-corrected chi connectivity index (χ1v) is 7.52. The third kappa shape index (κ3) is 4.59. The highest BCUT2D eigenvalue weighted by molar-refractivity contribution is 5.84. The molecule has 126 valence electrons. The van der Waals surface area contributed by atoms with Crippen LogP contribution in [0.2, 0.25) is 0 Å². The number of nitrogens with one attached hydrogen (secondary N) is 1. The van der Waals surface area contributed by atoms with Crippen LogP contribution in [-0.4, -0.2) is 58.0 Å². The molecule has 0 atom stereocenters. The van der Waals surface area contributed by atoms with E-state index in [2.05, 4.69) is 15.4 Å². The Hall–Kier alpha value is -2.28. The van der Waals surface area contributed by atoms with Crippen molar-refractivity contribution in [2.75, 3.05) is 41.0 Å². The molecule has 0 spiro atoms. The van der Waals surface area contributed by atoms with E-state index in [1.807, 2.05) is 0 Å². The number of nitrogens with zero attached hydrogens (tertiary/aromatic N) is 2. The summed E-state index contributed by atoms with van der Waals surface area (Å²) in [6.07, 6.45) is 3.86. The predicted octanol–water partition coefficient (Wildman–Crippen LogP) is 1.26. The zero-order chi connectivity index (χ0) is 16.7. The molecule has 0 aromatic heterocycles. The van der Waals surface area contributed by atoms with Gasteiger partial charge in [-0.3, -0.25) is 9.69 Å².